The van der Waals surface area contributed by atoms with Gasteiger partial charge >= 0.3 is 0 Å². The molecule has 0 bridgehead atoms. The Bertz CT molecular complexity index is 1360. The smallest absolute Gasteiger partial charge is 0.264 e. The van der Waals surface area contributed by atoms with Crippen LogP contribution in [-0.2, 0) is 16.4 Å². The topological polar surface area (TPSA) is 66.5 Å². The predicted molar refractivity (Wildman–Crippen MR) is 137 cm³/mol. The summed E-state index contributed by atoms with van der Waals surface area (Å²) in [6, 6.07) is 16.1. The van der Waals surface area contributed by atoms with Crippen LogP contribution in [0.15, 0.2) is 59.5 Å². The highest BCUT2D eigenvalue weighted by Gasteiger charge is 2.36. The molecule has 0 spiro atoms. The van der Waals surface area contributed by atoms with Crippen LogP contribution in [0.5, 0.6) is 0 Å². The molecule has 0 saturated heterocycles. The molecule has 6 heteroatoms. The van der Waals surface area contributed by atoms with Crippen LogP contribution in [0.4, 0.5) is 5.69 Å². The average molecular weight is 477 g/mol. The van der Waals surface area contributed by atoms with Gasteiger partial charge in [-0.05, 0) is 106 Å². The third kappa shape index (κ3) is 4.34. The Kier molecular flexibility index (Phi) is 6.30. The molecule has 3 aromatic carbocycles. The van der Waals surface area contributed by atoms with E-state index in [0.29, 0.717) is 17.7 Å². The molecule has 0 aliphatic carbocycles. The van der Waals surface area contributed by atoms with Crippen LogP contribution in [0.3, 0.4) is 0 Å². The average Bonchev–Trinajstić information content (AvgIpc) is 3.12. The molecule has 178 valence electrons. The van der Waals surface area contributed by atoms with Crippen LogP contribution in [0.2, 0.25) is 0 Å². The molecule has 0 fully saturated rings. The van der Waals surface area contributed by atoms with Crippen molar-refractivity contribution in [3.63, 3.8) is 0 Å². The zero-order chi connectivity index (χ0) is 24.8. The van der Waals surface area contributed by atoms with Crippen molar-refractivity contribution in [1.82, 2.24) is 5.32 Å². The number of aryl methyl sites for hydroxylation is 4. The van der Waals surface area contributed by atoms with Gasteiger partial charge in [0.25, 0.3) is 15.9 Å². The summed E-state index contributed by atoms with van der Waals surface area (Å²) < 4.78 is 28.2. The Morgan fingerprint density at radius 1 is 0.941 bits per heavy atom. The van der Waals surface area contributed by atoms with Gasteiger partial charge in [-0.3, -0.25) is 9.10 Å². The van der Waals surface area contributed by atoms with Gasteiger partial charge in [0, 0.05) is 11.6 Å². The van der Waals surface area contributed by atoms with Gasteiger partial charge in [0.05, 0.1) is 16.6 Å². The number of carbonyl (C=O) groups excluding carboxylic acids is 1. The van der Waals surface area contributed by atoms with Crippen molar-refractivity contribution in [3.8, 4) is 0 Å². The zero-order valence-electron chi connectivity index (χ0n) is 20.6. The van der Waals surface area contributed by atoms with Crippen molar-refractivity contribution in [2.75, 3.05) is 4.31 Å². The summed E-state index contributed by atoms with van der Waals surface area (Å²) in [7, 11) is -3.69. The van der Waals surface area contributed by atoms with Crippen LogP contribution >= 0.6 is 0 Å². The number of carbonyl (C=O) groups is 1. The fourth-order valence-corrected chi connectivity index (χ4v) is 6.43. The summed E-state index contributed by atoms with van der Waals surface area (Å²) in [4.78, 5) is 13.3. The van der Waals surface area contributed by atoms with Crippen molar-refractivity contribution < 1.29 is 13.2 Å². The first-order valence-corrected chi connectivity index (χ1v) is 13.1. The predicted octanol–water partition coefficient (Wildman–Crippen LogP) is 5.55. The second kappa shape index (κ2) is 8.91. The van der Waals surface area contributed by atoms with Crippen molar-refractivity contribution in [1.29, 1.82) is 0 Å². The second-order valence-electron chi connectivity index (χ2n) is 9.50. The molecule has 3 aromatic rings. The molecule has 2 unspecified atom stereocenters. The Labute approximate surface area is 202 Å². The number of nitrogens with zero attached hydrogens (tertiary/aromatic N) is 1. The minimum atomic E-state index is -3.69. The number of anilines is 1. The van der Waals surface area contributed by atoms with Crippen molar-refractivity contribution >= 4 is 21.6 Å². The standard InChI is InChI=1S/C28H32N2O3S/c1-17-7-10-25(11-8-17)34(32,33)30-21(5)15-24-16-23(9-12-27(24)30)28(31)29-22(6)26-14-19(3)18(2)13-20(26)4/h7-14,16,21-22H,15H2,1-6H3,(H,29,31). The van der Waals surface area contributed by atoms with Gasteiger partial charge in [0.2, 0.25) is 0 Å². The van der Waals surface area contributed by atoms with E-state index in [1.807, 2.05) is 26.8 Å². The summed E-state index contributed by atoms with van der Waals surface area (Å²) in [5.74, 6) is -0.166. The van der Waals surface area contributed by atoms with Crippen LogP contribution in [0.1, 0.15) is 63.6 Å². The number of rotatable bonds is 5. The lowest BCUT2D eigenvalue weighted by Crippen LogP contribution is -2.35. The lowest BCUT2D eigenvalue weighted by molar-refractivity contribution is 0.0939. The maximum atomic E-state index is 13.4. The first-order chi connectivity index (χ1) is 16.0. The molecule has 2 atom stereocenters. The lowest BCUT2D eigenvalue weighted by Gasteiger charge is -2.24. The fourth-order valence-electron chi connectivity index (χ4n) is 4.74. The molecule has 4 rings (SSSR count). The molecule has 1 aliphatic rings. The Balaban J connectivity index is 1.58. The minimum absolute atomic E-state index is 0.141. The Morgan fingerprint density at radius 2 is 1.59 bits per heavy atom. The number of hydrogen-bond donors (Lipinski definition) is 1. The van der Waals surface area contributed by atoms with E-state index >= 15 is 0 Å². The third-order valence-corrected chi connectivity index (χ3v) is 8.71. The summed E-state index contributed by atoms with van der Waals surface area (Å²) in [6.45, 7) is 12.0. The van der Waals surface area contributed by atoms with Gasteiger partial charge in [-0.25, -0.2) is 8.42 Å². The van der Waals surface area contributed by atoms with Crippen LogP contribution in [0, 0.1) is 27.7 Å². The van der Waals surface area contributed by atoms with Gasteiger partial charge in [-0.15, -0.1) is 0 Å². The SMILES string of the molecule is Cc1ccc(S(=O)(=O)N2c3ccc(C(=O)NC(C)c4cc(C)c(C)cc4C)cc3CC2C)cc1. The molecular weight excluding hydrogens is 444 g/mol. The maximum absolute atomic E-state index is 13.4. The van der Waals surface area contributed by atoms with Crippen molar-refractivity contribution in [2.24, 2.45) is 0 Å². The number of benzene rings is 3. The molecule has 1 aliphatic heterocycles. The maximum Gasteiger partial charge on any atom is 0.264 e. The highest BCUT2D eigenvalue weighted by atomic mass is 32.2. The monoisotopic (exact) mass is 476 g/mol. The van der Waals surface area contributed by atoms with Gasteiger partial charge in [-0.2, -0.15) is 0 Å². The fraction of sp³-hybridized carbons (Fsp3) is 0.321. The van der Waals surface area contributed by atoms with Gasteiger partial charge in [0.1, 0.15) is 0 Å². The first kappa shape index (κ1) is 24.0. The highest BCUT2D eigenvalue weighted by Crippen LogP contribution is 2.37. The molecular formula is C28H32N2O3S. The lowest BCUT2D eigenvalue weighted by atomic mass is 9.96. The molecule has 0 aromatic heterocycles. The van der Waals surface area contributed by atoms with Gasteiger partial charge < -0.3 is 5.32 Å². The van der Waals surface area contributed by atoms with E-state index in [1.54, 1.807) is 36.4 Å². The zero-order valence-corrected chi connectivity index (χ0v) is 21.5. The van der Waals surface area contributed by atoms with E-state index in [0.717, 1.165) is 22.3 Å². The molecule has 1 amide bonds. The van der Waals surface area contributed by atoms with Gasteiger partial charge in [-0.1, -0.05) is 29.8 Å². The highest BCUT2D eigenvalue weighted by molar-refractivity contribution is 7.92. The summed E-state index contributed by atoms with van der Waals surface area (Å²) in [5.41, 5.74) is 7.73. The molecule has 34 heavy (non-hydrogen) atoms. The van der Waals surface area contributed by atoms with E-state index in [9.17, 15) is 13.2 Å². The largest absolute Gasteiger partial charge is 0.346 e. The van der Waals surface area contributed by atoms with Crippen LogP contribution in [-0.4, -0.2) is 20.4 Å². The normalized spacial score (nSPS) is 16.3. The van der Waals surface area contributed by atoms with E-state index in [-0.39, 0.29) is 22.9 Å². The number of hydrogen-bond acceptors (Lipinski definition) is 3. The van der Waals surface area contributed by atoms with Crippen LogP contribution < -0.4 is 9.62 Å². The minimum Gasteiger partial charge on any atom is -0.346 e. The molecule has 0 saturated carbocycles. The van der Waals surface area contributed by atoms with Crippen molar-refractivity contribution in [2.45, 2.75) is 64.9 Å². The van der Waals surface area contributed by atoms with Crippen LogP contribution in [0.25, 0.3) is 0 Å². The number of nitrogens with one attached hydrogen (secondary N) is 1. The van der Waals surface area contributed by atoms with E-state index < -0.39 is 10.0 Å². The molecule has 0 radical (unpaired) electrons. The summed E-state index contributed by atoms with van der Waals surface area (Å²) >= 11 is 0. The molecule has 5 nitrogen and oxygen atoms in total. The summed E-state index contributed by atoms with van der Waals surface area (Å²) in [5, 5.41) is 3.10. The van der Waals surface area contributed by atoms with E-state index in [2.05, 4.69) is 38.2 Å². The number of amides is 1. The molecule has 1 N–H and O–H groups in total. The quantitative estimate of drug-likeness (QED) is 0.525. The number of fused-ring (bicyclic) bond motifs is 1. The van der Waals surface area contributed by atoms with E-state index in [4.69, 9.17) is 0 Å². The van der Waals surface area contributed by atoms with Gasteiger partial charge in [0.15, 0.2) is 0 Å². The Morgan fingerprint density at radius 3 is 2.26 bits per heavy atom. The van der Waals surface area contributed by atoms with Crippen molar-refractivity contribution in [3.05, 3.63) is 93.5 Å². The third-order valence-electron chi connectivity index (χ3n) is 6.77. The molecule has 1 heterocycles. The van der Waals surface area contributed by atoms with E-state index in [1.165, 1.54) is 15.4 Å². The Hall–Kier alpha value is -3.12. The number of sulfonamides is 1. The summed E-state index contributed by atoms with van der Waals surface area (Å²) in [6.07, 6.45) is 0.563. The second-order valence-corrected chi connectivity index (χ2v) is 11.3. The first-order valence-electron chi connectivity index (χ1n) is 11.6.